The number of rotatable bonds is 8. The highest BCUT2D eigenvalue weighted by molar-refractivity contribution is 6.30. The Morgan fingerprint density at radius 2 is 1.59 bits per heavy atom. The molecule has 0 saturated carbocycles. The molecule has 4 heteroatoms. The highest BCUT2D eigenvalue weighted by Crippen LogP contribution is 2.15. The van der Waals surface area contributed by atoms with Crippen LogP contribution in [0.2, 0.25) is 5.02 Å². The van der Waals surface area contributed by atoms with Crippen molar-refractivity contribution in [2.45, 2.75) is 32.9 Å². The standard InChI is InChI=1S/C18H22ClNO.ClH/c1-2-3-12-20-13-15-6-10-18(11-7-15)21-14-16-4-8-17(19)9-5-16;/h4-11,20H,2-3,12-14H2,1H3;1H. The van der Waals surface area contributed by atoms with E-state index in [0.29, 0.717) is 6.61 Å². The van der Waals surface area contributed by atoms with E-state index in [9.17, 15) is 0 Å². The Bertz CT molecular complexity index is 526. The number of ether oxygens (including phenoxy) is 1. The lowest BCUT2D eigenvalue weighted by Crippen LogP contribution is -2.14. The Labute approximate surface area is 144 Å². The van der Waals surface area contributed by atoms with Gasteiger partial charge in [-0.2, -0.15) is 0 Å². The van der Waals surface area contributed by atoms with Crippen molar-refractivity contribution in [2.24, 2.45) is 0 Å². The average molecular weight is 340 g/mol. The predicted octanol–water partition coefficient (Wildman–Crippen LogP) is 5.23. The van der Waals surface area contributed by atoms with Crippen LogP contribution in [0.25, 0.3) is 0 Å². The van der Waals surface area contributed by atoms with E-state index in [0.717, 1.165) is 29.4 Å². The second-order valence-corrected chi connectivity index (χ2v) is 5.53. The molecule has 2 aromatic rings. The summed E-state index contributed by atoms with van der Waals surface area (Å²) in [6.45, 7) is 4.75. The molecule has 0 unspecified atom stereocenters. The van der Waals surface area contributed by atoms with Crippen molar-refractivity contribution >= 4 is 24.0 Å². The first-order chi connectivity index (χ1) is 10.3. The first-order valence-electron chi connectivity index (χ1n) is 7.45. The lowest BCUT2D eigenvalue weighted by Gasteiger charge is -2.08. The maximum absolute atomic E-state index is 5.86. The smallest absolute Gasteiger partial charge is 0.119 e. The molecule has 0 aromatic heterocycles. The van der Waals surface area contributed by atoms with Crippen molar-refractivity contribution in [3.8, 4) is 5.75 Å². The van der Waals surface area contributed by atoms with Gasteiger partial charge in [-0.05, 0) is 48.4 Å². The molecule has 0 amide bonds. The zero-order chi connectivity index (χ0) is 14.9. The quantitative estimate of drug-likeness (QED) is 0.664. The van der Waals surface area contributed by atoms with E-state index in [-0.39, 0.29) is 12.4 Å². The summed E-state index contributed by atoms with van der Waals surface area (Å²) < 4.78 is 5.77. The molecule has 0 saturated heterocycles. The minimum Gasteiger partial charge on any atom is -0.489 e. The lowest BCUT2D eigenvalue weighted by atomic mass is 10.2. The van der Waals surface area contributed by atoms with Crippen molar-refractivity contribution in [3.63, 3.8) is 0 Å². The van der Waals surface area contributed by atoms with Gasteiger partial charge in [-0.1, -0.05) is 49.2 Å². The van der Waals surface area contributed by atoms with Gasteiger partial charge in [-0.25, -0.2) is 0 Å². The van der Waals surface area contributed by atoms with Crippen LogP contribution in [0.15, 0.2) is 48.5 Å². The van der Waals surface area contributed by atoms with Crippen LogP contribution in [0, 0.1) is 0 Å². The maximum Gasteiger partial charge on any atom is 0.119 e. The minimum atomic E-state index is 0. The monoisotopic (exact) mass is 339 g/mol. The first kappa shape index (κ1) is 18.8. The van der Waals surface area contributed by atoms with Crippen molar-refractivity contribution in [1.29, 1.82) is 0 Å². The molecule has 0 fully saturated rings. The number of halogens is 2. The molecule has 0 heterocycles. The summed E-state index contributed by atoms with van der Waals surface area (Å²) in [6.07, 6.45) is 2.45. The van der Waals surface area contributed by atoms with Gasteiger partial charge in [0.1, 0.15) is 12.4 Å². The third-order valence-electron chi connectivity index (χ3n) is 3.28. The van der Waals surface area contributed by atoms with Crippen LogP contribution in [-0.2, 0) is 13.2 Å². The number of nitrogens with one attached hydrogen (secondary N) is 1. The Balaban J connectivity index is 0.00000242. The van der Waals surface area contributed by atoms with Crippen LogP contribution in [0.1, 0.15) is 30.9 Å². The molecule has 22 heavy (non-hydrogen) atoms. The van der Waals surface area contributed by atoms with Crippen LogP contribution < -0.4 is 10.1 Å². The van der Waals surface area contributed by atoms with Gasteiger partial charge < -0.3 is 10.1 Å². The predicted molar refractivity (Wildman–Crippen MR) is 96.1 cm³/mol. The van der Waals surface area contributed by atoms with Gasteiger partial charge in [0.05, 0.1) is 0 Å². The molecular formula is C18H23Cl2NO. The number of hydrogen-bond acceptors (Lipinski definition) is 2. The van der Waals surface area contributed by atoms with Crippen LogP contribution in [0.3, 0.4) is 0 Å². The van der Waals surface area contributed by atoms with E-state index in [4.69, 9.17) is 16.3 Å². The molecule has 0 bridgehead atoms. The highest BCUT2D eigenvalue weighted by atomic mass is 35.5. The lowest BCUT2D eigenvalue weighted by molar-refractivity contribution is 0.306. The molecule has 0 aliphatic rings. The van der Waals surface area contributed by atoms with E-state index < -0.39 is 0 Å². The van der Waals surface area contributed by atoms with Crippen LogP contribution in [-0.4, -0.2) is 6.54 Å². The van der Waals surface area contributed by atoms with Gasteiger partial charge in [-0.3, -0.25) is 0 Å². The number of unbranched alkanes of at least 4 members (excludes halogenated alkanes) is 1. The van der Waals surface area contributed by atoms with Crippen molar-refractivity contribution < 1.29 is 4.74 Å². The fraction of sp³-hybridized carbons (Fsp3) is 0.333. The maximum atomic E-state index is 5.86. The van der Waals surface area contributed by atoms with Crippen molar-refractivity contribution in [3.05, 3.63) is 64.7 Å². The summed E-state index contributed by atoms with van der Waals surface area (Å²) in [5.74, 6) is 0.891. The summed E-state index contributed by atoms with van der Waals surface area (Å²) in [5.41, 5.74) is 2.40. The molecule has 2 nitrogen and oxygen atoms in total. The molecule has 120 valence electrons. The van der Waals surface area contributed by atoms with Crippen LogP contribution in [0.5, 0.6) is 5.75 Å². The van der Waals surface area contributed by atoms with Gasteiger partial charge in [0.25, 0.3) is 0 Å². The molecule has 0 spiro atoms. The Kier molecular flexibility index (Phi) is 8.98. The molecule has 0 aliphatic heterocycles. The largest absolute Gasteiger partial charge is 0.489 e. The molecule has 2 rings (SSSR count). The Hall–Kier alpha value is -1.22. The zero-order valence-electron chi connectivity index (χ0n) is 12.8. The van der Waals surface area contributed by atoms with E-state index in [1.165, 1.54) is 18.4 Å². The summed E-state index contributed by atoms with van der Waals surface area (Å²) in [7, 11) is 0. The highest BCUT2D eigenvalue weighted by Gasteiger charge is 1.98. The zero-order valence-corrected chi connectivity index (χ0v) is 14.4. The van der Waals surface area contributed by atoms with Crippen molar-refractivity contribution in [2.75, 3.05) is 6.54 Å². The minimum absolute atomic E-state index is 0. The second-order valence-electron chi connectivity index (χ2n) is 5.09. The van der Waals surface area contributed by atoms with Gasteiger partial charge >= 0.3 is 0 Å². The van der Waals surface area contributed by atoms with E-state index in [1.54, 1.807) is 0 Å². The molecule has 0 radical (unpaired) electrons. The van der Waals surface area contributed by atoms with E-state index in [2.05, 4.69) is 24.4 Å². The Morgan fingerprint density at radius 3 is 2.23 bits per heavy atom. The summed E-state index contributed by atoms with van der Waals surface area (Å²) in [6, 6.07) is 16.0. The van der Waals surface area contributed by atoms with Crippen LogP contribution >= 0.6 is 24.0 Å². The fourth-order valence-corrected chi connectivity index (χ4v) is 2.11. The van der Waals surface area contributed by atoms with Gasteiger partial charge in [0, 0.05) is 11.6 Å². The summed E-state index contributed by atoms with van der Waals surface area (Å²) >= 11 is 5.86. The third kappa shape index (κ3) is 6.69. The van der Waals surface area contributed by atoms with E-state index >= 15 is 0 Å². The average Bonchev–Trinajstić information content (AvgIpc) is 2.52. The molecular weight excluding hydrogens is 317 g/mol. The van der Waals surface area contributed by atoms with Crippen molar-refractivity contribution in [1.82, 2.24) is 5.32 Å². The van der Waals surface area contributed by atoms with Gasteiger partial charge in [0.15, 0.2) is 0 Å². The molecule has 0 atom stereocenters. The van der Waals surface area contributed by atoms with Crippen LogP contribution in [0.4, 0.5) is 0 Å². The van der Waals surface area contributed by atoms with Gasteiger partial charge in [-0.15, -0.1) is 12.4 Å². The fourth-order valence-electron chi connectivity index (χ4n) is 1.99. The Morgan fingerprint density at radius 1 is 0.955 bits per heavy atom. The molecule has 1 N–H and O–H groups in total. The van der Waals surface area contributed by atoms with E-state index in [1.807, 2.05) is 36.4 Å². The third-order valence-corrected chi connectivity index (χ3v) is 3.53. The topological polar surface area (TPSA) is 21.3 Å². The molecule has 0 aliphatic carbocycles. The molecule has 2 aromatic carbocycles. The SMILES string of the molecule is CCCCNCc1ccc(OCc2ccc(Cl)cc2)cc1.Cl. The summed E-state index contributed by atoms with van der Waals surface area (Å²) in [5, 5.41) is 4.18. The number of hydrogen-bond donors (Lipinski definition) is 1. The van der Waals surface area contributed by atoms with Gasteiger partial charge in [0.2, 0.25) is 0 Å². The summed E-state index contributed by atoms with van der Waals surface area (Å²) in [4.78, 5) is 0. The number of benzene rings is 2. The second kappa shape index (κ2) is 10.5. The normalized spacial score (nSPS) is 10.1. The first-order valence-corrected chi connectivity index (χ1v) is 7.82.